The van der Waals surface area contributed by atoms with Gasteiger partial charge in [0, 0.05) is 5.70 Å². The van der Waals surface area contributed by atoms with Gasteiger partial charge in [-0.25, -0.2) is 9.59 Å². The number of benzene rings is 1. The standard InChI is InChI=1S/C14H13N5O4/c1-7-10(13(22)23-2)11(19-14(15-7)16-17-18-19)8-3-5-9(6-4-8)12(20)21/h3-6,11H,1-2H3,(H,20,21)(H,15,16,18). The van der Waals surface area contributed by atoms with Gasteiger partial charge in [-0.2, -0.15) is 4.68 Å². The first-order valence-electron chi connectivity index (χ1n) is 6.70. The molecular weight excluding hydrogens is 302 g/mol. The van der Waals surface area contributed by atoms with E-state index >= 15 is 0 Å². The molecule has 1 unspecified atom stereocenters. The largest absolute Gasteiger partial charge is 0.478 e. The molecule has 9 nitrogen and oxygen atoms in total. The molecule has 0 saturated heterocycles. The number of anilines is 1. The topological polar surface area (TPSA) is 119 Å². The number of hydrogen-bond acceptors (Lipinski definition) is 7. The minimum Gasteiger partial charge on any atom is -0.478 e. The third-order valence-corrected chi connectivity index (χ3v) is 3.59. The van der Waals surface area contributed by atoms with Gasteiger partial charge >= 0.3 is 11.9 Å². The van der Waals surface area contributed by atoms with E-state index in [9.17, 15) is 9.59 Å². The molecule has 0 radical (unpaired) electrons. The molecule has 0 fully saturated rings. The second-order valence-corrected chi connectivity index (χ2v) is 4.93. The maximum atomic E-state index is 12.2. The predicted molar refractivity (Wildman–Crippen MR) is 77.7 cm³/mol. The van der Waals surface area contributed by atoms with Crippen molar-refractivity contribution in [1.82, 2.24) is 20.2 Å². The van der Waals surface area contributed by atoms with E-state index in [-0.39, 0.29) is 5.56 Å². The van der Waals surface area contributed by atoms with Gasteiger partial charge in [0.15, 0.2) is 0 Å². The SMILES string of the molecule is COC(=O)C1=C(C)Nc2nnnn2C1c1ccc(C(=O)O)cc1. The monoisotopic (exact) mass is 315 g/mol. The van der Waals surface area contributed by atoms with Crippen LogP contribution in [-0.4, -0.2) is 44.4 Å². The van der Waals surface area contributed by atoms with Crippen LogP contribution in [0.25, 0.3) is 0 Å². The Bertz CT molecular complexity index is 809. The number of esters is 1. The molecule has 1 atom stereocenters. The smallest absolute Gasteiger partial charge is 0.338 e. The molecule has 0 aliphatic carbocycles. The second kappa shape index (κ2) is 5.52. The molecule has 2 heterocycles. The minimum absolute atomic E-state index is 0.153. The Morgan fingerprint density at radius 2 is 2.00 bits per heavy atom. The first-order chi connectivity index (χ1) is 11.0. The molecule has 118 valence electrons. The molecule has 1 aliphatic rings. The highest BCUT2D eigenvalue weighted by molar-refractivity contribution is 5.92. The number of allylic oxidation sites excluding steroid dienone is 1. The lowest BCUT2D eigenvalue weighted by Gasteiger charge is -2.27. The van der Waals surface area contributed by atoms with Crippen molar-refractivity contribution < 1.29 is 19.4 Å². The van der Waals surface area contributed by atoms with E-state index in [1.54, 1.807) is 19.1 Å². The third-order valence-electron chi connectivity index (χ3n) is 3.59. The van der Waals surface area contributed by atoms with Crippen LogP contribution in [0.4, 0.5) is 5.95 Å². The molecular formula is C14H13N5O4. The summed E-state index contributed by atoms with van der Waals surface area (Å²) in [6.07, 6.45) is 0. The van der Waals surface area contributed by atoms with Gasteiger partial charge in [0.25, 0.3) is 0 Å². The van der Waals surface area contributed by atoms with Gasteiger partial charge in [-0.05, 0) is 35.0 Å². The van der Waals surface area contributed by atoms with Gasteiger partial charge in [-0.3, -0.25) is 0 Å². The summed E-state index contributed by atoms with van der Waals surface area (Å²) >= 11 is 0. The maximum absolute atomic E-state index is 12.2. The molecule has 0 bridgehead atoms. The van der Waals surface area contributed by atoms with Gasteiger partial charge in [0.05, 0.1) is 18.2 Å². The molecule has 3 rings (SSSR count). The Kier molecular flexibility index (Phi) is 3.53. The minimum atomic E-state index is -1.02. The van der Waals surface area contributed by atoms with Crippen molar-refractivity contribution in [3.05, 3.63) is 46.7 Å². The Morgan fingerprint density at radius 1 is 1.30 bits per heavy atom. The van der Waals surface area contributed by atoms with E-state index in [1.165, 1.54) is 23.9 Å². The average Bonchev–Trinajstić information content (AvgIpc) is 3.00. The van der Waals surface area contributed by atoms with Crippen LogP contribution in [0.15, 0.2) is 35.5 Å². The number of carboxylic acid groups (broad SMARTS) is 1. The molecule has 9 heteroatoms. The molecule has 0 saturated carbocycles. The number of aromatic carboxylic acids is 1. The summed E-state index contributed by atoms with van der Waals surface area (Å²) in [6.45, 7) is 1.73. The van der Waals surface area contributed by atoms with Crippen LogP contribution >= 0.6 is 0 Å². The van der Waals surface area contributed by atoms with Gasteiger partial charge in [-0.1, -0.05) is 17.2 Å². The van der Waals surface area contributed by atoms with Gasteiger partial charge in [0.1, 0.15) is 6.04 Å². The lowest BCUT2D eigenvalue weighted by molar-refractivity contribution is -0.136. The van der Waals surface area contributed by atoms with E-state index in [4.69, 9.17) is 9.84 Å². The number of tetrazole rings is 1. The summed E-state index contributed by atoms with van der Waals surface area (Å²) in [4.78, 5) is 23.2. The summed E-state index contributed by atoms with van der Waals surface area (Å²) in [5.41, 5.74) is 1.76. The lowest BCUT2D eigenvalue weighted by Crippen LogP contribution is -2.29. The van der Waals surface area contributed by atoms with Crippen molar-refractivity contribution in [2.24, 2.45) is 0 Å². The average molecular weight is 315 g/mol. The number of carboxylic acids is 1. The van der Waals surface area contributed by atoms with Crippen molar-refractivity contribution in [1.29, 1.82) is 0 Å². The van der Waals surface area contributed by atoms with Crippen LogP contribution in [0.3, 0.4) is 0 Å². The highest BCUT2D eigenvalue weighted by Crippen LogP contribution is 2.34. The van der Waals surface area contributed by atoms with E-state index in [0.717, 1.165) is 0 Å². The Labute approximate surface area is 130 Å². The number of hydrogen-bond donors (Lipinski definition) is 2. The van der Waals surface area contributed by atoms with E-state index in [2.05, 4.69) is 20.8 Å². The first kappa shape index (κ1) is 14.7. The fourth-order valence-corrected chi connectivity index (χ4v) is 2.50. The number of nitrogens with zero attached hydrogens (tertiary/aromatic N) is 4. The van der Waals surface area contributed by atoms with Gasteiger partial charge in [-0.15, -0.1) is 0 Å². The molecule has 0 spiro atoms. The molecule has 2 N–H and O–H groups in total. The fraction of sp³-hybridized carbons (Fsp3) is 0.214. The van der Waals surface area contributed by atoms with Crippen LogP contribution in [-0.2, 0) is 9.53 Å². The van der Waals surface area contributed by atoms with Crippen LogP contribution in [0.5, 0.6) is 0 Å². The van der Waals surface area contributed by atoms with Crippen molar-refractivity contribution in [2.75, 3.05) is 12.4 Å². The molecule has 1 aromatic heterocycles. The maximum Gasteiger partial charge on any atom is 0.338 e. The Balaban J connectivity index is 2.13. The molecule has 23 heavy (non-hydrogen) atoms. The summed E-state index contributed by atoms with van der Waals surface area (Å²) < 4.78 is 6.31. The molecule has 0 amide bonds. The number of carbonyl (C=O) groups is 2. The number of rotatable bonds is 3. The highest BCUT2D eigenvalue weighted by atomic mass is 16.5. The summed E-state index contributed by atoms with van der Waals surface area (Å²) in [6, 6.07) is 5.58. The lowest BCUT2D eigenvalue weighted by atomic mass is 9.95. The van der Waals surface area contributed by atoms with E-state index < -0.39 is 18.0 Å². The molecule has 1 aliphatic heterocycles. The van der Waals surface area contributed by atoms with Crippen LogP contribution in [0.2, 0.25) is 0 Å². The van der Waals surface area contributed by atoms with Crippen LogP contribution in [0, 0.1) is 0 Å². The zero-order valence-corrected chi connectivity index (χ0v) is 12.3. The van der Waals surface area contributed by atoms with Crippen molar-refractivity contribution >= 4 is 17.9 Å². The van der Waals surface area contributed by atoms with Gasteiger partial charge in [0.2, 0.25) is 5.95 Å². The fourth-order valence-electron chi connectivity index (χ4n) is 2.50. The number of aromatic nitrogens is 4. The van der Waals surface area contributed by atoms with Crippen LogP contribution < -0.4 is 5.32 Å². The molecule has 2 aromatic rings. The number of ether oxygens (including phenoxy) is 1. The normalized spacial score (nSPS) is 16.5. The van der Waals surface area contributed by atoms with Crippen molar-refractivity contribution in [2.45, 2.75) is 13.0 Å². The number of methoxy groups -OCH3 is 1. The zero-order valence-electron chi connectivity index (χ0n) is 12.3. The Hall–Kier alpha value is -3.23. The third kappa shape index (κ3) is 2.41. The number of fused-ring (bicyclic) bond motifs is 1. The van der Waals surface area contributed by atoms with E-state index in [1.807, 2.05) is 0 Å². The first-order valence-corrected chi connectivity index (χ1v) is 6.70. The summed E-state index contributed by atoms with van der Waals surface area (Å²) in [5.74, 6) is -1.14. The molecule has 1 aromatic carbocycles. The quantitative estimate of drug-likeness (QED) is 0.799. The second-order valence-electron chi connectivity index (χ2n) is 4.93. The number of carbonyl (C=O) groups excluding carboxylic acids is 1. The van der Waals surface area contributed by atoms with Gasteiger partial charge < -0.3 is 15.2 Å². The van der Waals surface area contributed by atoms with Crippen molar-refractivity contribution in [3.8, 4) is 0 Å². The van der Waals surface area contributed by atoms with Crippen molar-refractivity contribution in [3.63, 3.8) is 0 Å². The summed E-state index contributed by atoms with van der Waals surface area (Å²) in [7, 11) is 1.29. The highest BCUT2D eigenvalue weighted by Gasteiger charge is 2.34. The number of nitrogens with one attached hydrogen (secondary N) is 1. The predicted octanol–water partition coefficient (Wildman–Crippen LogP) is 0.833. The van der Waals surface area contributed by atoms with Crippen LogP contribution in [0.1, 0.15) is 28.9 Å². The van der Waals surface area contributed by atoms with E-state index in [0.29, 0.717) is 22.8 Å². The zero-order chi connectivity index (χ0) is 16.6. The summed E-state index contributed by atoms with van der Waals surface area (Å²) in [5, 5.41) is 23.3. The Morgan fingerprint density at radius 3 is 2.61 bits per heavy atom.